The maximum Gasteiger partial charge on any atom is 0.242 e. The predicted molar refractivity (Wildman–Crippen MR) is 117 cm³/mol. The van der Waals surface area contributed by atoms with Crippen LogP contribution in [0.1, 0.15) is 12.8 Å². The Morgan fingerprint density at radius 1 is 1.13 bits per heavy atom. The number of ether oxygens (including phenoxy) is 1. The average Bonchev–Trinajstić information content (AvgIpc) is 3.43. The summed E-state index contributed by atoms with van der Waals surface area (Å²) in [4.78, 5) is 32.3. The van der Waals surface area contributed by atoms with Gasteiger partial charge in [0.25, 0.3) is 0 Å². The molecule has 1 aromatic carbocycles. The highest BCUT2D eigenvalue weighted by atomic mass is 32.1. The highest BCUT2D eigenvalue weighted by Crippen LogP contribution is 2.29. The smallest absolute Gasteiger partial charge is 0.242 e. The molecule has 2 amide bonds. The van der Waals surface area contributed by atoms with E-state index in [9.17, 15) is 9.59 Å². The highest BCUT2D eigenvalue weighted by molar-refractivity contribution is 7.19. The van der Waals surface area contributed by atoms with Gasteiger partial charge in [0.1, 0.15) is 5.75 Å². The summed E-state index contributed by atoms with van der Waals surface area (Å²) in [6.45, 7) is 3.88. The number of nitrogens with zero attached hydrogens (tertiary/aromatic N) is 6. The summed E-state index contributed by atoms with van der Waals surface area (Å²) >= 11 is 1.35. The van der Waals surface area contributed by atoms with Crippen molar-refractivity contribution in [2.24, 2.45) is 0 Å². The molecule has 2 aromatic rings. The van der Waals surface area contributed by atoms with E-state index in [0.717, 1.165) is 30.9 Å². The van der Waals surface area contributed by atoms with Gasteiger partial charge in [-0.1, -0.05) is 11.3 Å². The molecule has 2 aliphatic rings. The topological polar surface area (TPSA) is 82.1 Å². The molecule has 0 saturated carbocycles. The number of hydrogen-bond donors (Lipinski definition) is 0. The summed E-state index contributed by atoms with van der Waals surface area (Å²) in [5.41, 5.74) is 1.14. The van der Waals surface area contributed by atoms with Crippen molar-refractivity contribution < 1.29 is 14.3 Å². The van der Waals surface area contributed by atoms with Crippen LogP contribution in [0.25, 0.3) is 0 Å². The third kappa shape index (κ3) is 4.33. The van der Waals surface area contributed by atoms with Crippen LogP contribution in [0.15, 0.2) is 24.3 Å². The van der Waals surface area contributed by atoms with Crippen LogP contribution in [0, 0.1) is 0 Å². The van der Waals surface area contributed by atoms with E-state index in [0.29, 0.717) is 36.3 Å². The number of amides is 2. The zero-order valence-electron chi connectivity index (χ0n) is 17.3. The van der Waals surface area contributed by atoms with E-state index in [4.69, 9.17) is 4.74 Å². The molecule has 0 radical (unpaired) electrons. The first-order valence-corrected chi connectivity index (χ1v) is 10.9. The summed E-state index contributed by atoms with van der Waals surface area (Å²) in [5, 5.41) is 9.57. The number of rotatable bonds is 6. The van der Waals surface area contributed by atoms with Crippen LogP contribution in [0.5, 0.6) is 5.75 Å². The number of likely N-dealkylation sites (N-methyl/N-ethyl adjacent to an activating group) is 1. The lowest BCUT2D eigenvalue weighted by Gasteiger charge is -2.36. The molecule has 10 heteroatoms. The molecule has 9 nitrogen and oxygen atoms in total. The SMILES string of the molecule is COc1ccc(N2CCN(C(=O)CN(C)c3nnc(N4CCCC4=O)s3)CC2)cc1. The van der Waals surface area contributed by atoms with E-state index in [1.807, 2.05) is 36.2 Å². The summed E-state index contributed by atoms with van der Waals surface area (Å²) in [7, 11) is 3.49. The van der Waals surface area contributed by atoms with Gasteiger partial charge in [0.15, 0.2) is 0 Å². The first-order valence-electron chi connectivity index (χ1n) is 10.1. The largest absolute Gasteiger partial charge is 0.497 e. The molecular weight excluding hydrogens is 404 g/mol. The minimum Gasteiger partial charge on any atom is -0.497 e. The number of anilines is 3. The molecule has 0 N–H and O–H groups in total. The van der Waals surface area contributed by atoms with E-state index >= 15 is 0 Å². The van der Waals surface area contributed by atoms with Gasteiger partial charge in [-0.2, -0.15) is 0 Å². The summed E-state index contributed by atoms with van der Waals surface area (Å²) in [6, 6.07) is 7.99. The second kappa shape index (κ2) is 8.86. The molecule has 0 atom stereocenters. The van der Waals surface area contributed by atoms with Gasteiger partial charge in [-0.05, 0) is 30.7 Å². The lowest BCUT2D eigenvalue weighted by Crippen LogP contribution is -2.51. The van der Waals surface area contributed by atoms with Gasteiger partial charge in [-0.15, -0.1) is 10.2 Å². The van der Waals surface area contributed by atoms with Crippen molar-refractivity contribution in [3.8, 4) is 5.75 Å². The Morgan fingerprint density at radius 2 is 1.87 bits per heavy atom. The van der Waals surface area contributed by atoms with Gasteiger partial charge in [0, 0.05) is 51.9 Å². The summed E-state index contributed by atoms with van der Waals surface area (Å²) in [6.07, 6.45) is 1.41. The molecule has 160 valence electrons. The molecule has 0 unspecified atom stereocenters. The minimum atomic E-state index is 0.0703. The van der Waals surface area contributed by atoms with Gasteiger partial charge in [0.2, 0.25) is 22.1 Å². The molecular formula is C20H26N6O3S. The van der Waals surface area contributed by atoms with Gasteiger partial charge >= 0.3 is 0 Å². The fraction of sp³-hybridized carbons (Fsp3) is 0.500. The molecule has 1 aromatic heterocycles. The van der Waals surface area contributed by atoms with Crippen LogP contribution < -0.4 is 19.4 Å². The molecule has 30 heavy (non-hydrogen) atoms. The van der Waals surface area contributed by atoms with Crippen LogP contribution in [0.3, 0.4) is 0 Å². The van der Waals surface area contributed by atoms with Crippen LogP contribution in [-0.2, 0) is 9.59 Å². The predicted octanol–water partition coefficient (Wildman–Crippen LogP) is 1.46. The van der Waals surface area contributed by atoms with Gasteiger partial charge < -0.3 is 19.4 Å². The van der Waals surface area contributed by atoms with Gasteiger partial charge in [-0.3, -0.25) is 14.5 Å². The van der Waals surface area contributed by atoms with Crippen LogP contribution >= 0.6 is 11.3 Å². The Morgan fingerprint density at radius 3 is 2.50 bits per heavy atom. The van der Waals surface area contributed by atoms with E-state index in [1.54, 1.807) is 16.9 Å². The Kier molecular flexibility index (Phi) is 6.03. The second-order valence-electron chi connectivity index (χ2n) is 7.44. The zero-order valence-corrected chi connectivity index (χ0v) is 18.1. The lowest BCUT2D eigenvalue weighted by atomic mass is 10.2. The van der Waals surface area contributed by atoms with Crippen LogP contribution in [0.4, 0.5) is 16.0 Å². The third-order valence-corrected chi connectivity index (χ3v) is 6.54. The monoisotopic (exact) mass is 430 g/mol. The fourth-order valence-electron chi connectivity index (χ4n) is 3.70. The van der Waals surface area contributed by atoms with Crippen molar-refractivity contribution in [2.45, 2.75) is 12.8 Å². The first-order chi connectivity index (χ1) is 14.5. The average molecular weight is 431 g/mol. The van der Waals surface area contributed by atoms with Crippen molar-refractivity contribution in [1.29, 1.82) is 0 Å². The van der Waals surface area contributed by atoms with Crippen molar-refractivity contribution >= 4 is 39.1 Å². The highest BCUT2D eigenvalue weighted by Gasteiger charge is 2.27. The molecule has 0 spiro atoms. The number of carbonyl (C=O) groups excluding carboxylic acids is 2. The molecule has 3 heterocycles. The Hall–Kier alpha value is -2.88. The number of hydrogen-bond acceptors (Lipinski definition) is 8. The van der Waals surface area contributed by atoms with Crippen molar-refractivity contribution in [2.75, 3.05) is 68.1 Å². The van der Waals surface area contributed by atoms with Crippen LogP contribution in [0.2, 0.25) is 0 Å². The quantitative estimate of drug-likeness (QED) is 0.686. The lowest BCUT2D eigenvalue weighted by molar-refractivity contribution is -0.130. The maximum absolute atomic E-state index is 12.8. The van der Waals surface area contributed by atoms with Gasteiger partial charge in [-0.25, -0.2) is 0 Å². The van der Waals surface area contributed by atoms with Gasteiger partial charge in [0.05, 0.1) is 13.7 Å². The molecule has 2 saturated heterocycles. The number of benzene rings is 1. The van der Waals surface area contributed by atoms with Crippen molar-refractivity contribution in [3.05, 3.63) is 24.3 Å². The fourth-order valence-corrected chi connectivity index (χ4v) is 4.55. The van der Waals surface area contributed by atoms with Crippen molar-refractivity contribution in [3.63, 3.8) is 0 Å². The van der Waals surface area contributed by atoms with E-state index in [2.05, 4.69) is 15.1 Å². The summed E-state index contributed by atoms with van der Waals surface area (Å²) in [5.74, 6) is 0.997. The molecule has 2 aliphatic heterocycles. The number of aromatic nitrogens is 2. The summed E-state index contributed by atoms with van der Waals surface area (Å²) < 4.78 is 5.21. The Bertz CT molecular complexity index is 894. The second-order valence-corrected chi connectivity index (χ2v) is 8.37. The normalized spacial score (nSPS) is 16.9. The number of methoxy groups -OCH3 is 1. The van der Waals surface area contributed by atoms with Crippen molar-refractivity contribution in [1.82, 2.24) is 15.1 Å². The van der Waals surface area contributed by atoms with E-state index in [-0.39, 0.29) is 18.4 Å². The number of carbonyl (C=O) groups is 2. The molecule has 0 bridgehead atoms. The standard InChI is InChI=1S/C20H26N6O3S/c1-23(19-21-22-20(30-19)26-9-3-4-17(26)27)14-18(28)25-12-10-24(11-13-25)15-5-7-16(29-2)8-6-15/h5-8H,3-4,9-14H2,1-2H3. The molecule has 4 rings (SSSR count). The number of piperazine rings is 1. The van der Waals surface area contributed by atoms with Crippen LogP contribution in [-0.4, -0.2) is 80.3 Å². The molecule has 0 aliphatic carbocycles. The van der Waals surface area contributed by atoms with E-state index in [1.165, 1.54) is 11.3 Å². The maximum atomic E-state index is 12.8. The Labute approximate surface area is 179 Å². The third-order valence-electron chi connectivity index (χ3n) is 5.48. The van der Waals surface area contributed by atoms with E-state index < -0.39 is 0 Å². The minimum absolute atomic E-state index is 0.0703. The molecule has 2 fully saturated rings. The zero-order chi connectivity index (χ0) is 21.1. The first kappa shape index (κ1) is 20.4. The Balaban J connectivity index is 1.29.